The molecule has 0 aromatic carbocycles. The van der Waals surface area contributed by atoms with E-state index in [1.807, 2.05) is 4.90 Å². The number of nitrogens with zero attached hydrogens (tertiary/aromatic N) is 2. The van der Waals surface area contributed by atoms with Gasteiger partial charge in [0.05, 0.1) is 0 Å². The molecule has 1 aromatic heterocycles. The van der Waals surface area contributed by atoms with Crippen molar-refractivity contribution >= 4 is 11.8 Å². The summed E-state index contributed by atoms with van der Waals surface area (Å²) in [6.07, 6.45) is -1.59. The molecule has 8 heteroatoms. The minimum absolute atomic E-state index is 0.0618. The normalized spacial score (nSPS) is 15.9. The van der Waals surface area contributed by atoms with E-state index in [2.05, 4.69) is 10.3 Å². The van der Waals surface area contributed by atoms with Crippen molar-refractivity contribution in [1.82, 2.24) is 10.3 Å². The first-order valence-corrected chi connectivity index (χ1v) is 6.73. The van der Waals surface area contributed by atoms with Crippen LogP contribution in [0.2, 0.25) is 0 Å². The Morgan fingerprint density at radius 1 is 1.29 bits per heavy atom. The van der Waals surface area contributed by atoms with E-state index < -0.39 is 17.9 Å². The van der Waals surface area contributed by atoms with Crippen LogP contribution >= 0.6 is 0 Å². The van der Waals surface area contributed by atoms with Gasteiger partial charge in [0, 0.05) is 25.2 Å². The number of aromatic nitrogens is 1. The molecule has 0 radical (unpaired) electrons. The molecule has 5 nitrogen and oxygen atoms in total. The second-order valence-electron chi connectivity index (χ2n) is 4.94. The van der Waals surface area contributed by atoms with Gasteiger partial charge in [-0.15, -0.1) is 0 Å². The molecule has 116 valence electrons. The van der Waals surface area contributed by atoms with E-state index in [4.69, 9.17) is 5.73 Å². The Kier molecular flexibility index (Phi) is 4.54. The fourth-order valence-corrected chi connectivity index (χ4v) is 2.33. The number of hydrogen-bond acceptors (Lipinski definition) is 3. The van der Waals surface area contributed by atoms with E-state index in [1.54, 1.807) is 0 Å². The molecule has 1 aliphatic heterocycles. The number of rotatable bonds is 3. The van der Waals surface area contributed by atoms with Gasteiger partial charge in [0.15, 0.2) is 0 Å². The van der Waals surface area contributed by atoms with Crippen LogP contribution in [0.3, 0.4) is 0 Å². The van der Waals surface area contributed by atoms with Crippen molar-refractivity contribution in [2.45, 2.75) is 32.0 Å². The van der Waals surface area contributed by atoms with E-state index in [0.717, 1.165) is 25.3 Å². The minimum Gasteiger partial charge on any atom is -0.356 e. The maximum atomic E-state index is 12.8. The summed E-state index contributed by atoms with van der Waals surface area (Å²) >= 11 is 0. The van der Waals surface area contributed by atoms with E-state index in [1.165, 1.54) is 6.07 Å². The van der Waals surface area contributed by atoms with E-state index in [-0.39, 0.29) is 12.4 Å². The topological polar surface area (TPSA) is 71.2 Å². The van der Waals surface area contributed by atoms with Crippen LogP contribution in [-0.2, 0) is 12.7 Å². The fourth-order valence-electron chi connectivity index (χ4n) is 2.33. The molecule has 3 N–H and O–H groups in total. The monoisotopic (exact) mass is 302 g/mol. The largest absolute Gasteiger partial charge is 0.433 e. The number of halogens is 3. The molecule has 0 aliphatic carbocycles. The number of carbonyl (C=O) groups is 1. The molecule has 2 heterocycles. The van der Waals surface area contributed by atoms with E-state index >= 15 is 0 Å². The standard InChI is InChI=1S/C13H17F3N4O/c14-13(15,16)10-5-4-9(8-18-12(17)21)11(19-10)20-6-2-1-3-7-20/h4-5H,1-3,6-8H2,(H3,17,18,21). The molecule has 0 saturated carbocycles. The molecule has 1 fully saturated rings. The second-order valence-corrected chi connectivity index (χ2v) is 4.94. The fraction of sp³-hybridized carbons (Fsp3) is 0.538. The quantitative estimate of drug-likeness (QED) is 0.899. The van der Waals surface area contributed by atoms with Crippen LogP contribution in [0.5, 0.6) is 0 Å². The highest BCUT2D eigenvalue weighted by atomic mass is 19.4. The minimum atomic E-state index is -4.49. The summed E-state index contributed by atoms with van der Waals surface area (Å²) in [4.78, 5) is 16.4. The van der Waals surface area contributed by atoms with Gasteiger partial charge in [-0.05, 0) is 25.3 Å². The smallest absolute Gasteiger partial charge is 0.356 e. The summed E-state index contributed by atoms with van der Waals surface area (Å²) in [5.74, 6) is 0.276. The van der Waals surface area contributed by atoms with Crippen molar-refractivity contribution in [3.8, 4) is 0 Å². The number of hydrogen-bond donors (Lipinski definition) is 2. The molecular formula is C13H17F3N4O. The summed E-state index contributed by atoms with van der Waals surface area (Å²) in [7, 11) is 0. The van der Waals surface area contributed by atoms with Gasteiger partial charge in [-0.25, -0.2) is 9.78 Å². The lowest BCUT2D eigenvalue weighted by molar-refractivity contribution is -0.141. The van der Waals surface area contributed by atoms with Crippen molar-refractivity contribution in [2.75, 3.05) is 18.0 Å². The predicted octanol–water partition coefficient (Wildman–Crippen LogP) is 2.26. The second kappa shape index (κ2) is 6.19. The number of carbonyl (C=O) groups excluding carboxylic acids is 1. The number of anilines is 1. The van der Waals surface area contributed by atoms with Gasteiger partial charge in [0.2, 0.25) is 0 Å². The van der Waals surface area contributed by atoms with Crippen LogP contribution in [0.25, 0.3) is 0 Å². The predicted molar refractivity (Wildman–Crippen MR) is 71.7 cm³/mol. The zero-order valence-corrected chi connectivity index (χ0v) is 11.4. The van der Waals surface area contributed by atoms with Gasteiger partial charge in [-0.1, -0.05) is 6.07 Å². The first-order valence-electron chi connectivity index (χ1n) is 6.73. The maximum absolute atomic E-state index is 12.8. The van der Waals surface area contributed by atoms with Crippen LogP contribution in [0.4, 0.5) is 23.8 Å². The van der Waals surface area contributed by atoms with Crippen LogP contribution in [-0.4, -0.2) is 24.1 Å². The molecule has 0 bridgehead atoms. The van der Waals surface area contributed by atoms with Gasteiger partial charge in [0.25, 0.3) is 0 Å². The molecule has 2 amide bonds. The van der Waals surface area contributed by atoms with Crippen LogP contribution < -0.4 is 16.0 Å². The Morgan fingerprint density at radius 2 is 1.95 bits per heavy atom. The highest BCUT2D eigenvalue weighted by molar-refractivity contribution is 5.71. The zero-order chi connectivity index (χ0) is 15.5. The molecule has 0 atom stereocenters. The Balaban J connectivity index is 2.32. The van der Waals surface area contributed by atoms with Crippen molar-refractivity contribution in [1.29, 1.82) is 0 Å². The van der Waals surface area contributed by atoms with Crippen LogP contribution in [0.1, 0.15) is 30.5 Å². The van der Waals surface area contributed by atoms with E-state index in [9.17, 15) is 18.0 Å². The lowest BCUT2D eigenvalue weighted by Gasteiger charge is -2.30. The average molecular weight is 302 g/mol. The van der Waals surface area contributed by atoms with Crippen molar-refractivity contribution < 1.29 is 18.0 Å². The van der Waals surface area contributed by atoms with Gasteiger partial charge in [-0.3, -0.25) is 0 Å². The molecule has 21 heavy (non-hydrogen) atoms. The number of urea groups is 1. The Morgan fingerprint density at radius 3 is 2.52 bits per heavy atom. The number of amides is 2. The number of piperidine rings is 1. The molecule has 1 saturated heterocycles. The van der Waals surface area contributed by atoms with E-state index in [0.29, 0.717) is 18.7 Å². The van der Waals surface area contributed by atoms with Crippen molar-refractivity contribution in [3.63, 3.8) is 0 Å². The lowest BCUT2D eigenvalue weighted by Crippen LogP contribution is -2.34. The SMILES string of the molecule is NC(=O)NCc1ccc(C(F)(F)F)nc1N1CCCCC1. The highest BCUT2D eigenvalue weighted by Gasteiger charge is 2.33. The first kappa shape index (κ1) is 15.4. The van der Waals surface area contributed by atoms with Crippen molar-refractivity contribution in [2.24, 2.45) is 5.73 Å². The summed E-state index contributed by atoms with van der Waals surface area (Å²) in [6.45, 7) is 1.39. The molecule has 0 spiro atoms. The number of alkyl halides is 3. The summed E-state index contributed by atoms with van der Waals surface area (Å²) in [5.41, 5.74) is 4.61. The number of nitrogens with two attached hydrogens (primary N) is 1. The molecular weight excluding hydrogens is 285 g/mol. The van der Waals surface area contributed by atoms with Gasteiger partial charge < -0.3 is 16.0 Å². The third-order valence-corrected chi connectivity index (χ3v) is 3.36. The van der Waals surface area contributed by atoms with Crippen LogP contribution in [0.15, 0.2) is 12.1 Å². The van der Waals surface area contributed by atoms with Gasteiger partial charge in [0.1, 0.15) is 11.5 Å². The Labute approximate surface area is 120 Å². The third-order valence-electron chi connectivity index (χ3n) is 3.36. The average Bonchev–Trinajstić information content (AvgIpc) is 2.45. The van der Waals surface area contributed by atoms with Gasteiger partial charge in [-0.2, -0.15) is 13.2 Å². The first-order chi connectivity index (χ1) is 9.88. The molecule has 1 aromatic rings. The number of primary amides is 1. The molecule has 1 aliphatic rings. The van der Waals surface area contributed by atoms with Crippen LogP contribution in [0, 0.1) is 0 Å². The van der Waals surface area contributed by atoms with Gasteiger partial charge >= 0.3 is 12.2 Å². The maximum Gasteiger partial charge on any atom is 0.433 e. The third kappa shape index (κ3) is 3.99. The molecule has 0 unspecified atom stereocenters. The summed E-state index contributed by atoms with van der Waals surface area (Å²) in [6, 6.07) is 1.54. The summed E-state index contributed by atoms with van der Waals surface area (Å²) in [5, 5.41) is 2.39. The Hall–Kier alpha value is -1.99. The highest BCUT2D eigenvalue weighted by Crippen LogP contribution is 2.31. The number of nitrogens with one attached hydrogen (secondary N) is 1. The Bertz CT molecular complexity index is 513. The van der Waals surface area contributed by atoms with Crippen molar-refractivity contribution in [3.05, 3.63) is 23.4 Å². The zero-order valence-electron chi connectivity index (χ0n) is 11.4. The lowest BCUT2D eigenvalue weighted by atomic mass is 10.1. The summed E-state index contributed by atoms with van der Waals surface area (Å²) < 4.78 is 38.4. The number of pyridine rings is 1. The molecule has 2 rings (SSSR count).